The number of anilines is 1. The Labute approximate surface area is 125 Å². The highest BCUT2D eigenvalue weighted by Crippen LogP contribution is 2.20. The van der Waals surface area contributed by atoms with Crippen LogP contribution in [0.5, 0.6) is 0 Å². The fourth-order valence-electron chi connectivity index (χ4n) is 2.65. The van der Waals surface area contributed by atoms with Gasteiger partial charge in [-0.05, 0) is 37.1 Å². The molecule has 0 saturated carbocycles. The van der Waals surface area contributed by atoms with Crippen molar-refractivity contribution in [3.8, 4) is 0 Å². The maximum Gasteiger partial charge on any atom is 0.0894 e. The van der Waals surface area contributed by atoms with Crippen molar-refractivity contribution in [2.45, 2.75) is 33.4 Å². The first-order valence-electron chi connectivity index (χ1n) is 7.59. The van der Waals surface area contributed by atoms with Crippen LogP contribution in [0.3, 0.4) is 0 Å². The second-order valence-electron chi connectivity index (χ2n) is 5.19. The average Bonchev–Trinajstić information content (AvgIpc) is 2.91. The van der Waals surface area contributed by atoms with Gasteiger partial charge in [0.25, 0.3) is 0 Å². The molecular formula is C18H21N3. The summed E-state index contributed by atoms with van der Waals surface area (Å²) in [5, 5.41) is 9.44. The molecule has 108 valence electrons. The second-order valence-corrected chi connectivity index (χ2v) is 5.19. The van der Waals surface area contributed by atoms with E-state index in [1.54, 1.807) is 0 Å². The Morgan fingerprint density at radius 3 is 2.71 bits per heavy atom. The van der Waals surface area contributed by atoms with Crippen LogP contribution in [0.1, 0.15) is 25.1 Å². The highest BCUT2D eigenvalue weighted by atomic mass is 15.3. The zero-order valence-corrected chi connectivity index (χ0v) is 12.6. The molecule has 0 unspecified atom stereocenters. The number of hydrogen-bond acceptors (Lipinski definition) is 2. The molecule has 0 atom stereocenters. The lowest BCUT2D eigenvalue weighted by atomic mass is 10.1. The molecule has 2 aromatic carbocycles. The highest BCUT2D eigenvalue weighted by molar-refractivity contribution is 5.82. The Morgan fingerprint density at radius 2 is 1.90 bits per heavy atom. The van der Waals surface area contributed by atoms with Gasteiger partial charge in [-0.3, -0.25) is 4.68 Å². The van der Waals surface area contributed by atoms with Crippen LogP contribution in [0.2, 0.25) is 0 Å². The van der Waals surface area contributed by atoms with Gasteiger partial charge < -0.3 is 5.32 Å². The van der Waals surface area contributed by atoms with Gasteiger partial charge in [-0.1, -0.05) is 37.3 Å². The third kappa shape index (κ3) is 2.77. The molecule has 1 N–H and O–H groups in total. The summed E-state index contributed by atoms with van der Waals surface area (Å²) < 4.78 is 2.06. The number of rotatable bonds is 5. The van der Waals surface area contributed by atoms with E-state index < -0.39 is 0 Å². The van der Waals surface area contributed by atoms with E-state index in [-0.39, 0.29) is 0 Å². The summed E-state index contributed by atoms with van der Waals surface area (Å²) in [5.41, 5.74) is 4.82. The molecular weight excluding hydrogens is 258 g/mol. The summed E-state index contributed by atoms with van der Waals surface area (Å²) in [6.07, 6.45) is 1.06. The number of aryl methyl sites for hydroxylation is 2. The minimum atomic E-state index is 0.751. The summed E-state index contributed by atoms with van der Waals surface area (Å²) in [6, 6.07) is 17.0. The van der Waals surface area contributed by atoms with Crippen molar-refractivity contribution in [3.05, 3.63) is 59.8 Å². The number of benzene rings is 2. The molecule has 3 aromatic rings. The van der Waals surface area contributed by atoms with Gasteiger partial charge in [0, 0.05) is 17.6 Å². The number of para-hydroxylation sites is 1. The molecule has 0 amide bonds. The molecule has 21 heavy (non-hydrogen) atoms. The van der Waals surface area contributed by atoms with Gasteiger partial charge in [-0.25, -0.2) is 0 Å². The molecule has 0 spiro atoms. The molecule has 0 aliphatic heterocycles. The van der Waals surface area contributed by atoms with Gasteiger partial charge in [0.1, 0.15) is 0 Å². The SMILES string of the molecule is CCc1cccc(NCc2nn(CC)c3ccccc23)c1. The van der Waals surface area contributed by atoms with E-state index >= 15 is 0 Å². The molecule has 0 fully saturated rings. The first kappa shape index (κ1) is 13.7. The maximum atomic E-state index is 4.72. The second kappa shape index (κ2) is 6.00. The van der Waals surface area contributed by atoms with Crippen molar-refractivity contribution in [1.29, 1.82) is 0 Å². The molecule has 1 aromatic heterocycles. The third-order valence-corrected chi connectivity index (χ3v) is 3.83. The Kier molecular flexibility index (Phi) is 3.91. The van der Waals surface area contributed by atoms with Gasteiger partial charge in [0.2, 0.25) is 0 Å². The monoisotopic (exact) mass is 279 g/mol. The Hall–Kier alpha value is -2.29. The summed E-state index contributed by atoms with van der Waals surface area (Å²) in [7, 11) is 0. The highest BCUT2D eigenvalue weighted by Gasteiger charge is 2.08. The minimum absolute atomic E-state index is 0.751. The van der Waals surface area contributed by atoms with E-state index in [0.29, 0.717) is 0 Å². The normalized spacial score (nSPS) is 11.0. The molecule has 3 heteroatoms. The summed E-state index contributed by atoms with van der Waals surface area (Å²) in [5.74, 6) is 0. The lowest BCUT2D eigenvalue weighted by Gasteiger charge is -2.06. The van der Waals surface area contributed by atoms with Gasteiger partial charge in [-0.15, -0.1) is 0 Å². The number of fused-ring (bicyclic) bond motifs is 1. The number of hydrogen-bond donors (Lipinski definition) is 1. The summed E-state index contributed by atoms with van der Waals surface area (Å²) in [6.45, 7) is 5.95. The van der Waals surface area contributed by atoms with Crippen LogP contribution in [0, 0.1) is 0 Å². The first-order chi connectivity index (χ1) is 10.3. The fraction of sp³-hybridized carbons (Fsp3) is 0.278. The summed E-state index contributed by atoms with van der Waals surface area (Å²) >= 11 is 0. The van der Waals surface area contributed by atoms with Crippen LogP contribution in [-0.2, 0) is 19.5 Å². The topological polar surface area (TPSA) is 29.9 Å². The number of aromatic nitrogens is 2. The van der Waals surface area contributed by atoms with Crippen molar-refractivity contribution in [3.63, 3.8) is 0 Å². The standard InChI is InChI=1S/C18H21N3/c1-3-14-8-7-9-15(12-14)19-13-17-16-10-5-6-11-18(16)21(4-2)20-17/h5-12,19H,3-4,13H2,1-2H3. The molecule has 3 nitrogen and oxygen atoms in total. The van der Waals surface area contributed by atoms with Crippen LogP contribution in [0.25, 0.3) is 10.9 Å². The van der Waals surface area contributed by atoms with Gasteiger partial charge in [-0.2, -0.15) is 5.10 Å². The van der Waals surface area contributed by atoms with Crippen LogP contribution in [0.15, 0.2) is 48.5 Å². The van der Waals surface area contributed by atoms with Crippen LogP contribution in [0.4, 0.5) is 5.69 Å². The zero-order valence-electron chi connectivity index (χ0n) is 12.6. The molecule has 1 heterocycles. The van der Waals surface area contributed by atoms with E-state index in [9.17, 15) is 0 Å². The minimum Gasteiger partial charge on any atom is -0.379 e. The zero-order chi connectivity index (χ0) is 14.7. The van der Waals surface area contributed by atoms with Crippen LogP contribution in [-0.4, -0.2) is 9.78 Å². The van der Waals surface area contributed by atoms with Crippen LogP contribution < -0.4 is 5.32 Å². The molecule has 0 aliphatic rings. The van der Waals surface area contributed by atoms with Crippen molar-refractivity contribution in [1.82, 2.24) is 9.78 Å². The van der Waals surface area contributed by atoms with Crippen molar-refractivity contribution < 1.29 is 0 Å². The Morgan fingerprint density at radius 1 is 1.05 bits per heavy atom. The molecule has 3 rings (SSSR count). The van der Waals surface area contributed by atoms with E-state index in [1.165, 1.54) is 16.5 Å². The predicted octanol–water partition coefficient (Wildman–Crippen LogP) is 4.23. The average molecular weight is 279 g/mol. The van der Waals surface area contributed by atoms with E-state index in [1.807, 2.05) is 0 Å². The smallest absolute Gasteiger partial charge is 0.0894 e. The summed E-state index contributed by atoms with van der Waals surface area (Å²) in [4.78, 5) is 0. The maximum absolute atomic E-state index is 4.72. The quantitative estimate of drug-likeness (QED) is 0.757. The first-order valence-corrected chi connectivity index (χ1v) is 7.59. The fourth-order valence-corrected chi connectivity index (χ4v) is 2.65. The third-order valence-electron chi connectivity index (χ3n) is 3.83. The van der Waals surface area contributed by atoms with Crippen molar-refractivity contribution in [2.24, 2.45) is 0 Å². The Bertz CT molecular complexity index is 743. The van der Waals surface area contributed by atoms with Gasteiger partial charge >= 0.3 is 0 Å². The molecule has 0 bridgehead atoms. The number of nitrogens with one attached hydrogen (secondary N) is 1. The molecule has 0 radical (unpaired) electrons. The number of nitrogens with zero attached hydrogens (tertiary/aromatic N) is 2. The van der Waals surface area contributed by atoms with Gasteiger partial charge in [0.15, 0.2) is 0 Å². The lowest BCUT2D eigenvalue weighted by Crippen LogP contribution is -2.02. The molecule has 0 aliphatic carbocycles. The van der Waals surface area contributed by atoms with E-state index in [4.69, 9.17) is 5.10 Å². The largest absolute Gasteiger partial charge is 0.379 e. The van der Waals surface area contributed by atoms with Crippen LogP contribution >= 0.6 is 0 Å². The van der Waals surface area contributed by atoms with E-state index in [0.717, 1.165) is 30.9 Å². The van der Waals surface area contributed by atoms with E-state index in [2.05, 4.69) is 72.4 Å². The molecule has 0 saturated heterocycles. The van der Waals surface area contributed by atoms with Gasteiger partial charge in [0.05, 0.1) is 17.8 Å². The lowest BCUT2D eigenvalue weighted by molar-refractivity contribution is 0.671. The van der Waals surface area contributed by atoms with Crippen molar-refractivity contribution >= 4 is 16.6 Å². The predicted molar refractivity (Wildman–Crippen MR) is 88.6 cm³/mol. The van der Waals surface area contributed by atoms with Crippen molar-refractivity contribution in [2.75, 3.05) is 5.32 Å². The Balaban J connectivity index is 1.85.